The Kier molecular flexibility index (Phi) is 3.53. The van der Waals surface area contributed by atoms with Gasteiger partial charge in [0.1, 0.15) is 5.65 Å². The van der Waals surface area contributed by atoms with Crippen LogP contribution in [0.1, 0.15) is 25.5 Å². The van der Waals surface area contributed by atoms with E-state index in [9.17, 15) is 5.11 Å². The number of fused-ring (bicyclic) bond motifs is 1. The summed E-state index contributed by atoms with van der Waals surface area (Å²) in [5.74, 6) is 0.470. The minimum atomic E-state index is -0.169. The van der Waals surface area contributed by atoms with Gasteiger partial charge in [-0.25, -0.2) is 4.98 Å². The Bertz CT molecular complexity index is 508. The molecule has 19 heavy (non-hydrogen) atoms. The average molecular weight is 259 g/mol. The van der Waals surface area contributed by atoms with Crippen LogP contribution in [0, 0.1) is 5.92 Å². The summed E-state index contributed by atoms with van der Waals surface area (Å²) in [7, 11) is 0. The summed E-state index contributed by atoms with van der Waals surface area (Å²) >= 11 is 0. The van der Waals surface area contributed by atoms with Crippen LogP contribution in [0.3, 0.4) is 0 Å². The van der Waals surface area contributed by atoms with Gasteiger partial charge < -0.3 is 9.51 Å². The molecule has 0 radical (unpaired) electrons. The standard InChI is InChI=1S/C15H21N3O/c1-12(19)13-5-8-17(9-6-13)10-14-11-18-7-3-2-4-15(18)16-14/h2-4,7,11-13,19H,5-6,8-10H2,1H3. The lowest BCUT2D eigenvalue weighted by atomic mass is 9.92. The van der Waals surface area contributed by atoms with Crippen molar-refractivity contribution in [1.29, 1.82) is 0 Å². The highest BCUT2D eigenvalue weighted by Crippen LogP contribution is 2.21. The molecule has 4 nitrogen and oxygen atoms in total. The van der Waals surface area contributed by atoms with E-state index < -0.39 is 0 Å². The summed E-state index contributed by atoms with van der Waals surface area (Å²) in [6.45, 7) is 4.93. The summed E-state index contributed by atoms with van der Waals surface area (Å²) in [6.07, 6.45) is 6.15. The smallest absolute Gasteiger partial charge is 0.137 e. The molecule has 102 valence electrons. The van der Waals surface area contributed by atoms with Crippen LogP contribution in [-0.2, 0) is 6.54 Å². The first-order chi connectivity index (χ1) is 9.22. The number of pyridine rings is 1. The average Bonchev–Trinajstić information content (AvgIpc) is 2.81. The molecule has 2 aromatic heterocycles. The van der Waals surface area contributed by atoms with E-state index in [0.29, 0.717) is 5.92 Å². The number of imidazole rings is 1. The van der Waals surface area contributed by atoms with E-state index in [4.69, 9.17) is 0 Å². The van der Waals surface area contributed by atoms with Gasteiger partial charge in [0.05, 0.1) is 11.8 Å². The first kappa shape index (κ1) is 12.6. The number of rotatable bonds is 3. The number of likely N-dealkylation sites (tertiary alicyclic amines) is 1. The minimum Gasteiger partial charge on any atom is -0.393 e. The molecule has 0 aromatic carbocycles. The number of aliphatic hydroxyl groups excluding tert-OH is 1. The van der Waals surface area contributed by atoms with E-state index in [1.807, 2.05) is 31.3 Å². The summed E-state index contributed by atoms with van der Waals surface area (Å²) in [6, 6.07) is 6.07. The third-order valence-electron chi connectivity index (χ3n) is 4.11. The molecule has 0 bridgehead atoms. The molecule has 1 aliphatic rings. The summed E-state index contributed by atoms with van der Waals surface area (Å²) in [5.41, 5.74) is 2.14. The first-order valence-electron chi connectivity index (χ1n) is 7.05. The molecular weight excluding hydrogens is 238 g/mol. The van der Waals surface area contributed by atoms with Crippen LogP contribution in [0.4, 0.5) is 0 Å². The van der Waals surface area contributed by atoms with E-state index >= 15 is 0 Å². The van der Waals surface area contributed by atoms with E-state index in [-0.39, 0.29) is 6.10 Å². The Morgan fingerprint density at radius 2 is 2.16 bits per heavy atom. The zero-order valence-corrected chi connectivity index (χ0v) is 11.4. The fourth-order valence-electron chi connectivity index (χ4n) is 2.89. The molecule has 1 fully saturated rings. The fraction of sp³-hybridized carbons (Fsp3) is 0.533. The predicted octanol–water partition coefficient (Wildman–Crippen LogP) is 1.93. The molecule has 1 atom stereocenters. The summed E-state index contributed by atoms with van der Waals surface area (Å²) < 4.78 is 2.07. The number of aromatic nitrogens is 2. The lowest BCUT2D eigenvalue weighted by Gasteiger charge is -2.32. The first-order valence-corrected chi connectivity index (χ1v) is 7.05. The lowest BCUT2D eigenvalue weighted by molar-refractivity contribution is 0.0692. The molecule has 1 N–H and O–H groups in total. The van der Waals surface area contributed by atoms with E-state index in [1.165, 1.54) is 0 Å². The molecule has 0 saturated carbocycles. The van der Waals surface area contributed by atoms with Gasteiger partial charge >= 0.3 is 0 Å². The Hall–Kier alpha value is -1.39. The SMILES string of the molecule is CC(O)C1CCN(Cc2cn3ccccc3n2)CC1. The second kappa shape index (κ2) is 5.31. The maximum Gasteiger partial charge on any atom is 0.137 e. The van der Waals surface area contributed by atoms with Crippen LogP contribution >= 0.6 is 0 Å². The van der Waals surface area contributed by atoms with Crippen LogP contribution in [0.2, 0.25) is 0 Å². The molecule has 0 aliphatic carbocycles. The summed E-state index contributed by atoms with van der Waals surface area (Å²) in [4.78, 5) is 7.06. The highest BCUT2D eigenvalue weighted by atomic mass is 16.3. The zero-order valence-electron chi connectivity index (χ0n) is 11.4. The molecule has 1 saturated heterocycles. The second-order valence-electron chi connectivity index (χ2n) is 5.55. The third kappa shape index (κ3) is 2.80. The van der Waals surface area contributed by atoms with Crippen LogP contribution in [-0.4, -0.2) is 38.6 Å². The Morgan fingerprint density at radius 1 is 1.37 bits per heavy atom. The van der Waals surface area contributed by atoms with Crippen molar-refractivity contribution < 1.29 is 5.11 Å². The van der Waals surface area contributed by atoms with Gasteiger partial charge in [0.2, 0.25) is 0 Å². The highest BCUT2D eigenvalue weighted by molar-refractivity contribution is 5.39. The van der Waals surface area contributed by atoms with Gasteiger partial charge in [-0.3, -0.25) is 4.90 Å². The number of aliphatic hydroxyl groups is 1. The molecule has 2 aromatic rings. The van der Waals surface area contributed by atoms with Crippen molar-refractivity contribution in [2.75, 3.05) is 13.1 Å². The molecule has 1 unspecified atom stereocenters. The van der Waals surface area contributed by atoms with Crippen LogP contribution < -0.4 is 0 Å². The largest absolute Gasteiger partial charge is 0.393 e. The molecule has 3 heterocycles. The van der Waals surface area contributed by atoms with Gasteiger partial charge in [0.25, 0.3) is 0 Å². The number of hydrogen-bond acceptors (Lipinski definition) is 3. The predicted molar refractivity (Wildman–Crippen MR) is 74.9 cm³/mol. The van der Waals surface area contributed by atoms with Crippen molar-refractivity contribution >= 4 is 5.65 Å². The fourth-order valence-corrected chi connectivity index (χ4v) is 2.89. The van der Waals surface area contributed by atoms with E-state index in [0.717, 1.165) is 43.8 Å². The molecular formula is C15H21N3O. The Morgan fingerprint density at radius 3 is 2.84 bits per heavy atom. The van der Waals surface area contributed by atoms with Gasteiger partial charge in [0, 0.05) is 18.9 Å². The third-order valence-corrected chi connectivity index (χ3v) is 4.11. The quantitative estimate of drug-likeness (QED) is 0.915. The minimum absolute atomic E-state index is 0.169. The molecule has 0 amide bonds. The zero-order chi connectivity index (χ0) is 13.2. The topological polar surface area (TPSA) is 40.8 Å². The molecule has 3 rings (SSSR count). The molecule has 4 heteroatoms. The van der Waals surface area contributed by atoms with Gasteiger partial charge in [0.15, 0.2) is 0 Å². The second-order valence-corrected chi connectivity index (χ2v) is 5.55. The van der Waals surface area contributed by atoms with E-state index in [1.54, 1.807) is 0 Å². The van der Waals surface area contributed by atoms with Crippen molar-refractivity contribution in [3.63, 3.8) is 0 Å². The van der Waals surface area contributed by atoms with Gasteiger partial charge in [-0.1, -0.05) is 6.07 Å². The number of hydrogen-bond donors (Lipinski definition) is 1. The maximum atomic E-state index is 9.61. The number of nitrogens with zero attached hydrogens (tertiary/aromatic N) is 3. The van der Waals surface area contributed by atoms with Crippen molar-refractivity contribution in [2.45, 2.75) is 32.4 Å². The van der Waals surface area contributed by atoms with Crippen molar-refractivity contribution in [2.24, 2.45) is 5.92 Å². The van der Waals surface area contributed by atoms with Gasteiger partial charge in [-0.15, -0.1) is 0 Å². The molecule has 1 aliphatic heterocycles. The summed E-state index contributed by atoms with van der Waals surface area (Å²) in [5, 5.41) is 9.61. The van der Waals surface area contributed by atoms with Crippen molar-refractivity contribution in [1.82, 2.24) is 14.3 Å². The van der Waals surface area contributed by atoms with Gasteiger partial charge in [-0.2, -0.15) is 0 Å². The Balaban J connectivity index is 1.63. The van der Waals surface area contributed by atoms with Crippen LogP contribution in [0.25, 0.3) is 5.65 Å². The normalized spacial score (nSPS) is 19.9. The Labute approximate surface area is 113 Å². The monoisotopic (exact) mass is 259 g/mol. The lowest BCUT2D eigenvalue weighted by Crippen LogP contribution is -2.36. The maximum absolute atomic E-state index is 9.61. The molecule has 0 spiro atoms. The highest BCUT2D eigenvalue weighted by Gasteiger charge is 2.22. The van der Waals surface area contributed by atoms with Crippen LogP contribution in [0.5, 0.6) is 0 Å². The van der Waals surface area contributed by atoms with Crippen molar-refractivity contribution in [3.8, 4) is 0 Å². The van der Waals surface area contributed by atoms with Gasteiger partial charge in [-0.05, 0) is 50.9 Å². The van der Waals surface area contributed by atoms with Crippen molar-refractivity contribution in [3.05, 3.63) is 36.3 Å². The van der Waals surface area contributed by atoms with Crippen LogP contribution in [0.15, 0.2) is 30.6 Å². The van der Waals surface area contributed by atoms with E-state index in [2.05, 4.69) is 20.5 Å². The number of piperidine rings is 1.